The number of aryl methyl sites for hydroxylation is 2. The monoisotopic (exact) mass is 357 g/mol. The number of carbonyl (C=O) groups excluding carboxylic acids is 1. The van der Waals surface area contributed by atoms with Crippen molar-refractivity contribution in [1.29, 1.82) is 0 Å². The van der Waals surface area contributed by atoms with Crippen molar-refractivity contribution in [3.05, 3.63) is 34.9 Å². The molecular weight excluding hydrogens is 330 g/mol. The molecule has 2 aromatic rings. The Bertz CT molecular complexity index is 818. The number of likely N-dealkylation sites (tertiary alicyclic amines) is 1. The molecule has 0 spiro atoms. The summed E-state index contributed by atoms with van der Waals surface area (Å²) in [4.78, 5) is 15.1. The van der Waals surface area contributed by atoms with Crippen LogP contribution >= 0.6 is 0 Å². The van der Waals surface area contributed by atoms with Crippen molar-refractivity contribution < 1.29 is 9.53 Å². The largest absolute Gasteiger partial charge is 0.369 e. The minimum absolute atomic E-state index is 0.0529. The molecule has 2 aliphatic heterocycles. The van der Waals surface area contributed by atoms with Crippen LogP contribution in [-0.2, 0) is 31.2 Å². The fourth-order valence-electron chi connectivity index (χ4n) is 4.19. The summed E-state index contributed by atoms with van der Waals surface area (Å²) in [5.41, 5.74) is 4.02. The predicted molar refractivity (Wildman–Crippen MR) is 96.9 cm³/mol. The highest BCUT2D eigenvalue weighted by molar-refractivity contribution is 5.95. The normalized spacial score (nSPS) is 23.0. The van der Waals surface area contributed by atoms with Gasteiger partial charge in [-0.2, -0.15) is 10.2 Å². The summed E-state index contributed by atoms with van der Waals surface area (Å²) < 4.78 is 9.57. The molecule has 4 rings (SSSR count). The van der Waals surface area contributed by atoms with E-state index in [1.165, 1.54) is 5.56 Å². The Morgan fingerprint density at radius 3 is 2.77 bits per heavy atom. The molecule has 2 aromatic heterocycles. The fourth-order valence-corrected chi connectivity index (χ4v) is 4.19. The third kappa shape index (κ3) is 2.94. The molecule has 26 heavy (non-hydrogen) atoms. The van der Waals surface area contributed by atoms with Crippen LogP contribution in [0.15, 0.2) is 12.4 Å². The van der Waals surface area contributed by atoms with Gasteiger partial charge in [-0.1, -0.05) is 0 Å². The van der Waals surface area contributed by atoms with Gasteiger partial charge in [-0.3, -0.25) is 14.2 Å². The molecule has 4 heterocycles. The zero-order valence-electron chi connectivity index (χ0n) is 16.0. The predicted octanol–water partition coefficient (Wildman–Crippen LogP) is 1.97. The Morgan fingerprint density at radius 1 is 1.35 bits per heavy atom. The number of fused-ring (bicyclic) bond motifs is 1. The Hall–Kier alpha value is -2.15. The van der Waals surface area contributed by atoms with Gasteiger partial charge in [-0.05, 0) is 38.7 Å². The summed E-state index contributed by atoms with van der Waals surface area (Å²) in [6.07, 6.45) is 5.76. The Labute approximate surface area is 153 Å². The van der Waals surface area contributed by atoms with Crippen molar-refractivity contribution in [2.45, 2.75) is 52.4 Å². The molecule has 0 saturated carbocycles. The van der Waals surface area contributed by atoms with Crippen molar-refractivity contribution in [2.75, 3.05) is 13.1 Å². The van der Waals surface area contributed by atoms with Crippen molar-refractivity contribution in [1.82, 2.24) is 24.5 Å². The minimum Gasteiger partial charge on any atom is -0.369 e. The van der Waals surface area contributed by atoms with Crippen LogP contribution in [0.25, 0.3) is 0 Å². The molecule has 1 fully saturated rings. The van der Waals surface area contributed by atoms with Gasteiger partial charge in [0.2, 0.25) is 0 Å². The third-order valence-corrected chi connectivity index (χ3v) is 5.42. The fraction of sp³-hybridized carbons (Fsp3) is 0.632. The Morgan fingerprint density at radius 2 is 2.12 bits per heavy atom. The third-order valence-electron chi connectivity index (χ3n) is 5.42. The summed E-state index contributed by atoms with van der Waals surface area (Å²) in [7, 11) is 1.93. The molecule has 2 atom stereocenters. The van der Waals surface area contributed by atoms with Crippen molar-refractivity contribution >= 4 is 5.91 Å². The van der Waals surface area contributed by atoms with E-state index in [4.69, 9.17) is 4.74 Å². The van der Waals surface area contributed by atoms with E-state index in [9.17, 15) is 4.79 Å². The molecular formula is C19H27N5O2. The Balaban J connectivity index is 1.49. The topological polar surface area (TPSA) is 65.2 Å². The summed E-state index contributed by atoms with van der Waals surface area (Å²) >= 11 is 0. The van der Waals surface area contributed by atoms with Crippen LogP contribution in [0.4, 0.5) is 0 Å². The van der Waals surface area contributed by atoms with Gasteiger partial charge in [0.05, 0.1) is 24.1 Å². The molecule has 0 N–H and O–H groups in total. The van der Waals surface area contributed by atoms with Gasteiger partial charge >= 0.3 is 0 Å². The SMILES string of the molecule is CCn1nc2c(c1C(=O)N1CC(Cc3cnn(C)c3)C1)C[C@H](C)O[C@@H]2C. The number of amides is 1. The maximum absolute atomic E-state index is 13.2. The number of nitrogens with zero attached hydrogens (tertiary/aromatic N) is 5. The van der Waals surface area contributed by atoms with E-state index in [2.05, 4.69) is 23.3 Å². The zero-order valence-corrected chi connectivity index (χ0v) is 16.0. The quantitative estimate of drug-likeness (QED) is 0.839. The highest BCUT2D eigenvalue weighted by atomic mass is 16.5. The molecule has 0 radical (unpaired) electrons. The molecule has 0 unspecified atom stereocenters. The van der Waals surface area contributed by atoms with E-state index in [1.54, 1.807) is 0 Å². The van der Waals surface area contributed by atoms with Gasteiger partial charge in [0.1, 0.15) is 5.69 Å². The summed E-state index contributed by atoms with van der Waals surface area (Å²) in [5.74, 6) is 0.627. The molecule has 0 aliphatic carbocycles. The lowest BCUT2D eigenvalue weighted by atomic mass is 9.92. The summed E-state index contributed by atoms with van der Waals surface area (Å²) in [6, 6.07) is 0. The number of hydrogen-bond acceptors (Lipinski definition) is 4. The smallest absolute Gasteiger partial charge is 0.272 e. The summed E-state index contributed by atoms with van der Waals surface area (Å²) in [6.45, 7) is 8.42. The van der Waals surface area contributed by atoms with E-state index in [-0.39, 0.29) is 18.1 Å². The van der Waals surface area contributed by atoms with E-state index >= 15 is 0 Å². The van der Waals surface area contributed by atoms with Crippen LogP contribution in [-0.4, -0.2) is 49.6 Å². The number of aromatic nitrogens is 4. The van der Waals surface area contributed by atoms with E-state index in [0.29, 0.717) is 12.5 Å². The molecule has 7 nitrogen and oxygen atoms in total. The van der Waals surface area contributed by atoms with Crippen LogP contribution in [0.2, 0.25) is 0 Å². The number of ether oxygens (including phenoxy) is 1. The van der Waals surface area contributed by atoms with Crippen LogP contribution in [0.1, 0.15) is 54.2 Å². The second-order valence-electron chi connectivity index (χ2n) is 7.62. The van der Waals surface area contributed by atoms with Crippen molar-refractivity contribution in [3.63, 3.8) is 0 Å². The Kier molecular flexibility index (Phi) is 4.34. The highest BCUT2D eigenvalue weighted by Gasteiger charge is 2.37. The average Bonchev–Trinajstić information content (AvgIpc) is 3.13. The number of carbonyl (C=O) groups is 1. The first-order valence-corrected chi connectivity index (χ1v) is 9.48. The van der Waals surface area contributed by atoms with Crippen LogP contribution in [0.3, 0.4) is 0 Å². The molecule has 7 heteroatoms. The maximum Gasteiger partial charge on any atom is 0.272 e. The molecule has 140 valence electrons. The highest BCUT2D eigenvalue weighted by Crippen LogP contribution is 2.33. The van der Waals surface area contributed by atoms with Crippen molar-refractivity contribution in [2.24, 2.45) is 13.0 Å². The van der Waals surface area contributed by atoms with E-state index in [0.717, 1.165) is 42.9 Å². The zero-order chi connectivity index (χ0) is 18.4. The number of hydrogen-bond donors (Lipinski definition) is 0. The minimum atomic E-state index is -0.0529. The van der Waals surface area contributed by atoms with Gasteiger partial charge in [-0.25, -0.2) is 0 Å². The van der Waals surface area contributed by atoms with Gasteiger partial charge < -0.3 is 9.64 Å². The van der Waals surface area contributed by atoms with Gasteiger partial charge in [-0.15, -0.1) is 0 Å². The first-order valence-electron chi connectivity index (χ1n) is 9.48. The second-order valence-corrected chi connectivity index (χ2v) is 7.62. The van der Waals surface area contributed by atoms with Crippen LogP contribution < -0.4 is 0 Å². The average molecular weight is 357 g/mol. The lowest BCUT2D eigenvalue weighted by Crippen LogP contribution is -2.51. The van der Waals surface area contributed by atoms with Gasteiger partial charge in [0.15, 0.2) is 0 Å². The lowest BCUT2D eigenvalue weighted by Gasteiger charge is -2.39. The van der Waals surface area contributed by atoms with E-state index in [1.807, 2.05) is 41.4 Å². The summed E-state index contributed by atoms with van der Waals surface area (Å²) in [5, 5.41) is 8.89. The van der Waals surface area contributed by atoms with E-state index < -0.39 is 0 Å². The molecule has 1 amide bonds. The molecule has 0 bridgehead atoms. The maximum atomic E-state index is 13.2. The van der Waals surface area contributed by atoms with Crippen LogP contribution in [0, 0.1) is 5.92 Å². The first kappa shape index (κ1) is 17.3. The standard InChI is InChI=1S/C19H27N5O2/c1-5-24-18(16-6-12(2)26-13(3)17(16)21-24)19(25)23-10-15(11-23)7-14-8-20-22(4)9-14/h8-9,12-13,15H,5-7,10-11H2,1-4H3/t12-,13+/m0/s1. The second kappa shape index (κ2) is 6.54. The van der Waals surface area contributed by atoms with Gasteiger partial charge in [0, 0.05) is 44.9 Å². The van der Waals surface area contributed by atoms with Gasteiger partial charge in [0.25, 0.3) is 5.91 Å². The van der Waals surface area contributed by atoms with Crippen molar-refractivity contribution in [3.8, 4) is 0 Å². The van der Waals surface area contributed by atoms with Crippen LogP contribution in [0.5, 0.6) is 0 Å². The first-order chi connectivity index (χ1) is 12.5. The number of rotatable bonds is 4. The molecule has 1 saturated heterocycles. The molecule has 2 aliphatic rings. The molecule has 0 aromatic carbocycles. The lowest BCUT2D eigenvalue weighted by molar-refractivity contribution is -0.00722.